The van der Waals surface area contributed by atoms with Crippen LogP contribution < -0.4 is 0 Å². The highest BCUT2D eigenvalue weighted by atomic mass is 16.5. The molecule has 133 heavy (non-hydrogen) atoms. The van der Waals surface area contributed by atoms with Crippen molar-refractivity contribution in [3.63, 3.8) is 0 Å². The van der Waals surface area contributed by atoms with Gasteiger partial charge in [-0.25, -0.2) is 0 Å². The van der Waals surface area contributed by atoms with E-state index in [9.17, 15) is 0 Å². The number of ether oxygens (including phenoxy) is 19. The van der Waals surface area contributed by atoms with Gasteiger partial charge in [0.1, 0.15) is 0 Å². The first-order valence-corrected chi connectivity index (χ1v) is 50.6. The molecule has 0 aromatic heterocycles. The second-order valence-electron chi connectivity index (χ2n) is 33.4. The standard InChI is InChI=1S/C9H18O.C8H16O.2C7H16O.5C6H14O.5C5H12O.4C4H10O.C3H8O.C2H4.7CH4/c1-8(2)10-9-6-4-3-5-7-9;1-7(2)9-8-5-3-4-6-8;2*1-4-6-7(3)8-5-2;2*1-5-7-6(2,3)4;1-4-5-6(2)7-3;2*1-4-6(3)7-5-2;1-5(2,3)6-4;1-4-5(2)6-3;3*1-4-6-5(2)3;1-4(2)5-3;3*1-3-5-4-2;1-3-4-2;1-2;;;;;;;/h8-9H,3-7H2,1-2H3;7-8H,3-6H2,1-2H3;2*7H,4-6H2,1-3H3;2*5H2,1-4H3;3*6H,4-5H2,1-3H3;1-4H3;4*5H,4H2,1-3H3;4H,1-3H3;3*3-4H2,1-2H3;3H2,1-2H3;1-2H2;7*1H4. The molecule has 2 saturated carbocycles. The van der Waals surface area contributed by atoms with E-state index in [1.165, 1.54) is 96.3 Å². The van der Waals surface area contributed by atoms with Gasteiger partial charge in [-0.15, -0.1) is 13.2 Å². The van der Waals surface area contributed by atoms with Crippen LogP contribution in [0.5, 0.6) is 0 Å². The predicted octanol–water partition coefficient (Wildman–Crippen LogP) is 35.9. The molecule has 0 aliphatic heterocycles. The Balaban J connectivity index is -0.0000000402. The van der Waals surface area contributed by atoms with E-state index >= 15 is 0 Å². The third-order valence-corrected chi connectivity index (χ3v) is 15.5. The summed E-state index contributed by atoms with van der Waals surface area (Å²) >= 11 is 0. The molecule has 0 radical (unpaired) electrons. The minimum absolute atomic E-state index is 0. The molecule has 0 saturated heterocycles. The fourth-order valence-corrected chi connectivity index (χ4v) is 8.52. The molecule has 2 fully saturated rings. The first-order valence-electron chi connectivity index (χ1n) is 50.6. The van der Waals surface area contributed by atoms with Gasteiger partial charge in [0.05, 0.1) is 102 Å². The molecule has 6 atom stereocenters. The largest absolute Gasteiger partial charge is 0.385 e. The summed E-state index contributed by atoms with van der Waals surface area (Å²) in [6.45, 7) is 120. The Kier molecular flexibility index (Phi) is 263. The Labute approximate surface area is 849 Å². The van der Waals surface area contributed by atoms with Crippen LogP contribution in [-0.2, 0) is 90.0 Å². The van der Waals surface area contributed by atoms with Crippen molar-refractivity contribution in [2.24, 2.45) is 0 Å². The average Bonchev–Trinajstić information content (AvgIpc) is 1.59. The minimum atomic E-state index is 0. The molecule has 0 aromatic carbocycles. The number of hydrogen-bond acceptors (Lipinski definition) is 19. The van der Waals surface area contributed by atoms with Gasteiger partial charge in [-0.05, 0) is 362 Å². The highest BCUT2D eigenvalue weighted by Crippen LogP contribution is 2.22. The Morgan fingerprint density at radius 2 is 0.429 bits per heavy atom. The number of hydrogen-bond donors (Lipinski definition) is 0. The van der Waals surface area contributed by atoms with E-state index < -0.39 is 0 Å². The first kappa shape index (κ1) is 198. The SMILES string of the molecule is C.C.C.C.C.C.C.C=C.CC(C)OC1CCCC1.CC(C)OC1CCCCC1.CCC(C)OC.CCCC(C)OC.CCCC(C)OCC.CCCC(C)OCC.CCOC.CCOC(C)(C)C.CCOC(C)(C)C.CCOC(C)C.CCOC(C)C.CCOC(C)C.CCOC(C)CC.CCOC(C)CC.CCOCC.CCOCC.CCOCC.COC(C)(C)C.COC(C)C. The van der Waals surface area contributed by atoms with Gasteiger partial charge >= 0.3 is 0 Å². The van der Waals surface area contributed by atoms with Crippen molar-refractivity contribution in [2.45, 2.75) is 609 Å². The van der Waals surface area contributed by atoms with Crippen LogP contribution >= 0.6 is 0 Å². The molecule has 2 aliphatic rings. The van der Waals surface area contributed by atoms with E-state index in [1.807, 2.05) is 187 Å². The Hall–Kier alpha value is -1.02. The Morgan fingerprint density at radius 3 is 0.511 bits per heavy atom. The van der Waals surface area contributed by atoms with Gasteiger partial charge in [-0.1, -0.05) is 145 Å². The van der Waals surface area contributed by atoms with E-state index in [0.717, 1.165) is 125 Å². The van der Waals surface area contributed by atoms with E-state index in [2.05, 4.69) is 170 Å². The van der Waals surface area contributed by atoms with Gasteiger partial charge < -0.3 is 90.0 Å². The predicted molar refractivity (Wildman–Crippen MR) is 609 cm³/mol. The summed E-state index contributed by atoms with van der Waals surface area (Å²) in [6, 6.07) is 0. The van der Waals surface area contributed by atoms with Gasteiger partial charge in [0.2, 0.25) is 0 Å². The van der Waals surface area contributed by atoms with Crippen molar-refractivity contribution >= 4 is 0 Å². The lowest BCUT2D eigenvalue weighted by molar-refractivity contribution is -0.0118. The topological polar surface area (TPSA) is 175 Å². The van der Waals surface area contributed by atoms with Crippen molar-refractivity contribution in [1.82, 2.24) is 0 Å². The zero-order valence-electron chi connectivity index (χ0n) is 96.8. The molecular formula is C114H276O19. The average molecular weight is 1950 g/mol. The normalized spacial score (nSPS) is 12.4. The van der Waals surface area contributed by atoms with Crippen LogP contribution in [0.4, 0.5) is 0 Å². The van der Waals surface area contributed by atoms with Crippen LogP contribution in [0.1, 0.15) is 507 Å². The molecule has 0 bridgehead atoms. The van der Waals surface area contributed by atoms with Crippen LogP contribution in [0.25, 0.3) is 0 Å². The second-order valence-corrected chi connectivity index (χ2v) is 33.4. The summed E-state index contributed by atoms with van der Waals surface area (Å²) in [5.41, 5.74) is 0.142. The van der Waals surface area contributed by atoms with Gasteiger partial charge in [-0.3, -0.25) is 0 Å². The first-order chi connectivity index (χ1) is 58.8. The summed E-state index contributed by atoms with van der Waals surface area (Å²) < 4.78 is 96.5. The maximum Gasteiger partial charge on any atom is 0.0598 e. The van der Waals surface area contributed by atoms with Gasteiger partial charge in [0.15, 0.2) is 0 Å². The zero-order chi connectivity index (χ0) is 103. The third kappa shape index (κ3) is 324. The maximum atomic E-state index is 5.69. The molecule has 19 nitrogen and oxygen atoms in total. The molecule has 6 unspecified atom stereocenters. The van der Waals surface area contributed by atoms with Gasteiger partial charge in [0.25, 0.3) is 0 Å². The smallest absolute Gasteiger partial charge is 0.0598 e. The quantitative estimate of drug-likeness (QED) is 0.0531. The van der Waals surface area contributed by atoms with Crippen LogP contribution in [0, 0.1) is 0 Å². The van der Waals surface area contributed by atoms with Crippen LogP contribution in [0.3, 0.4) is 0 Å². The zero-order valence-corrected chi connectivity index (χ0v) is 96.8. The van der Waals surface area contributed by atoms with Crippen LogP contribution in [0.2, 0.25) is 0 Å². The molecule has 0 amide bonds. The molecule has 19 heteroatoms. The van der Waals surface area contributed by atoms with E-state index in [4.69, 9.17) is 85.3 Å². The summed E-state index contributed by atoms with van der Waals surface area (Å²) in [6.07, 6.45) is 28.9. The molecular weight excluding hydrogens is 1670 g/mol. The van der Waals surface area contributed by atoms with E-state index in [0.29, 0.717) is 85.5 Å². The molecule has 2 aliphatic carbocycles. The van der Waals surface area contributed by atoms with Crippen molar-refractivity contribution in [1.29, 1.82) is 0 Å². The summed E-state index contributed by atoms with van der Waals surface area (Å²) in [5.74, 6) is 0. The lowest BCUT2D eigenvalue weighted by Crippen LogP contribution is -2.20. The molecule has 0 spiro atoms. The Bertz CT molecular complexity index is 1460. The molecule has 0 N–H and O–H groups in total. The van der Waals surface area contributed by atoms with Gasteiger partial charge in [-0.2, -0.15) is 0 Å². The van der Waals surface area contributed by atoms with Gasteiger partial charge in [0, 0.05) is 141 Å². The van der Waals surface area contributed by atoms with Crippen LogP contribution in [0.15, 0.2) is 13.2 Å². The summed E-state index contributed by atoms with van der Waals surface area (Å²) in [4.78, 5) is 0. The Morgan fingerprint density at radius 1 is 0.233 bits per heavy atom. The second kappa shape index (κ2) is 176. The van der Waals surface area contributed by atoms with Crippen molar-refractivity contribution < 1.29 is 90.0 Å². The van der Waals surface area contributed by atoms with Crippen molar-refractivity contribution in [3.05, 3.63) is 13.2 Å². The summed E-state index contributed by atoms with van der Waals surface area (Å²) in [5, 5.41) is 0. The highest BCUT2D eigenvalue weighted by molar-refractivity contribution is 4.68. The highest BCUT2D eigenvalue weighted by Gasteiger charge is 2.17. The lowest BCUT2D eigenvalue weighted by atomic mass is 9.98. The third-order valence-electron chi connectivity index (χ3n) is 15.5. The maximum absolute atomic E-state index is 5.69. The molecule has 0 heterocycles. The molecule has 0 aromatic rings. The molecule has 2 rings (SSSR count). The van der Waals surface area contributed by atoms with Crippen molar-refractivity contribution in [2.75, 3.05) is 141 Å². The fraction of sp³-hybridized carbons (Fsp3) is 0.982. The van der Waals surface area contributed by atoms with E-state index in [1.54, 1.807) is 35.5 Å². The van der Waals surface area contributed by atoms with E-state index in [-0.39, 0.29) is 68.8 Å². The molecule has 846 valence electrons. The summed E-state index contributed by atoms with van der Waals surface area (Å²) in [7, 11) is 8.57. The lowest BCUT2D eigenvalue weighted by Gasteiger charge is -2.23. The fourth-order valence-electron chi connectivity index (χ4n) is 8.52. The number of methoxy groups -OCH3 is 5. The van der Waals surface area contributed by atoms with Crippen molar-refractivity contribution in [3.8, 4) is 0 Å². The minimum Gasteiger partial charge on any atom is -0.385 e. The monoisotopic (exact) mass is 1950 g/mol. The number of rotatable bonds is 39. The van der Waals surface area contributed by atoms with Crippen LogP contribution in [-0.4, -0.2) is 244 Å².